The Hall–Kier alpha value is -2.60. The molecule has 0 spiro atoms. The summed E-state index contributed by atoms with van der Waals surface area (Å²) < 4.78 is 16.7. The number of esters is 1. The van der Waals surface area contributed by atoms with Crippen LogP contribution in [0.25, 0.3) is 6.08 Å². The first-order valence-corrected chi connectivity index (χ1v) is 8.71. The molecule has 0 aliphatic heterocycles. The van der Waals surface area contributed by atoms with Crippen LogP contribution in [0.5, 0.6) is 11.5 Å². The average Bonchev–Trinajstić information content (AvgIpc) is 2.64. The molecular formula is C20H19BrO5. The lowest BCUT2D eigenvalue weighted by Crippen LogP contribution is -2.11. The van der Waals surface area contributed by atoms with Gasteiger partial charge in [0.25, 0.3) is 0 Å². The van der Waals surface area contributed by atoms with Crippen LogP contribution in [-0.2, 0) is 9.53 Å². The van der Waals surface area contributed by atoms with Crippen molar-refractivity contribution in [1.82, 2.24) is 0 Å². The lowest BCUT2D eigenvalue weighted by atomic mass is 10.1. The van der Waals surface area contributed by atoms with Gasteiger partial charge in [-0.05, 0) is 43.3 Å². The van der Waals surface area contributed by atoms with Gasteiger partial charge in [-0.25, -0.2) is 4.79 Å². The molecule has 0 aliphatic rings. The molecule has 2 rings (SSSR count). The Morgan fingerprint density at radius 3 is 2.58 bits per heavy atom. The number of hydrogen-bond acceptors (Lipinski definition) is 5. The Bertz CT molecular complexity index is 814. The smallest absolute Gasteiger partial charge is 0.330 e. The van der Waals surface area contributed by atoms with E-state index in [-0.39, 0.29) is 19.0 Å². The van der Waals surface area contributed by atoms with E-state index in [1.165, 1.54) is 13.0 Å². The normalized spacial score (nSPS) is 10.6. The number of ketones is 1. The maximum atomic E-state index is 11.8. The van der Waals surface area contributed by atoms with Gasteiger partial charge in [0, 0.05) is 16.1 Å². The molecule has 6 heteroatoms. The fourth-order valence-corrected chi connectivity index (χ4v) is 2.60. The number of carbonyl (C=O) groups excluding carboxylic acids is 2. The summed E-state index contributed by atoms with van der Waals surface area (Å²) in [6.07, 6.45) is 2.95. The van der Waals surface area contributed by atoms with Gasteiger partial charge in [0.15, 0.2) is 5.78 Å². The highest BCUT2D eigenvalue weighted by Gasteiger charge is 2.07. The zero-order valence-corrected chi connectivity index (χ0v) is 16.1. The second kappa shape index (κ2) is 9.77. The first-order valence-electron chi connectivity index (χ1n) is 7.92. The Balaban J connectivity index is 1.85. The summed E-state index contributed by atoms with van der Waals surface area (Å²) in [4.78, 5) is 23.3. The molecule has 0 unspecified atom stereocenters. The van der Waals surface area contributed by atoms with Gasteiger partial charge < -0.3 is 14.2 Å². The van der Waals surface area contributed by atoms with Crippen LogP contribution in [0.2, 0.25) is 0 Å². The molecule has 5 nitrogen and oxygen atoms in total. The number of halogens is 1. The van der Waals surface area contributed by atoms with Crippen molar-refractivity contribution in [2.24, 2.45) is 0 Å². The topological polar surface area (TPSA) is 61.8 Å². The molecular weight excluding hydrogens is 400 g/mol. The van der Waals surface area contributed by atoms with Crippen molar-refractivity contribution in [2.45, 2.75) is 6.92 Å². The number of para-hydroxylation sites is 1. The SMILES string of the molecule is COc1ccc(Br)cc1/C=C/C(=O)OCCOc1ccccc1C(C)=O. The van der Waals surface area contributed by atoms with Crippen LogP contribution < -0.4 is 9.47 Å². The molecule has 0 N–H and O–H groups in total. The molecule has 0 aliphatic carbocycles. The van der Waals surface area contributed by atoms with E-state index in [9.17, 15) is 9.59 Å². The Kier molecular flexibility index (Phi) is 7.41. The van der Waals surface area contributed by atoms with Gasteiger partial charge in [-0.15, -0.1) is 0 Å². The molecule has 26 heavy (non-hydrogen) atoms. The van der Waals surface area contributed by atoms with E-state index in [0.717, 1.165) is 10.0 Å². The molecule has 0 aromatic heterocycles. The summed E-state index contributed by atoms with van der Waals surface area (Å²) in [5.41, 5.74) is 1.26. The third kappa shape index (κ3) is 5.74. The monoisotopic (exact) mass is 418 g/mol. The van der Waals surface area contributed by atoms with E-state index in [4.69, 9.17) is 14.2 Å². The van der Waals surface area contributed by atoms with Gasteiger partial charge in [0.1, 0.15) is 24.7 Å². The van der Waals surface area contributed by atoms with Crippen molar-refractivity contribution in [1.29, 1.82) is 0 Å². The van der Waals surface area contributed by atoms with Crippen LogP contribution >= 0.6 is 15.9 Å². The van der Waals surface area contributed by atoms with Gasteiger partial charge in [0.05, 0.1) is 12.7 Å². The summed E-state index contributed by atoms with van der Waals surface area (Å²) in [7, 11) is 1.56. The molecule has 2 aromatic carbocycles. The lowest BCUT2D eigenvalue weighted by Gasteiger charge is -2.09. The van der Waals surface area contributed by atoms with Crippen LogP contribution in [0.1, 0.15) is 22.8 Å². The van der Waals surface area contributed by atoms with E-state index in [0.29, 0.717) is 17.1 Å². The number of hydrogen-bond donors (Lipinski definition) is 0. The average molecular weight is 419 g/mol. The van der Waals surface area contributed by atoms with E-state index in [1.807, 2.05) is 12.1 Å². The highest BCUT2D eigenvalue weighted by atomic mass is 79.9. The zero-order valence-electron chi connectivity index (χ0n) is 14.5. The lowest BCUT2D eigenvalue weighted by molar-refractivity contribution is -0.138. The summed E-state index contributed by atoms with van der Waals surface area (Å²) >= 11 is 3.38. The Morgan fingerprint density at radius 2 is 1.85 bits per heavy atom. The first kappa shape index (κ1) is 19.7. The molecule has 136 valence electrons. The van der Waals surface area contributed by atoms with Crippen molar-refractivity contribution < 1.29 is 23.8 Å². The van der Waals surface area contributed by atoms with Crippen molar-refractivity contribution in [3.63, 3.8) is 0 Å². The van der Waals surface area contributed by atoms with Gasteiger partial charge in [-0.3, -0.25) is 4.79 Å². The largest absolute Gasteiger partial charge is 0.496 e. The van der Waals surface area contributed by atoms with E-state index in [2.05, 4.69) is 15.9 Å². The molecule has 0 atom stereocenters. The van der Waals surface area contributed by atoms with Crippen LogP contribution in [0, 0.1) is 0 Å². The van der Waals surface area contributed by atoms with Crippen LogP contribution in [0.4, 0.5) is 0 Å². The van der Waals surface area contributed by atoms with E-state index in [1.54, 1.807) is 43.5 Å². The second-order valence-corrected chi connectivity index (χ2v) is 6.20. The van der Waals surface area contributed by atoms with Crippen molar-refractivity contribution in [3.05, 3.63) is 64.1 Å². The number of benzene rings is 2. The molecule has 0 heterocycles. The highest BCUT2D eigenvalue weighted by molar-refractivity contribution is 9.10. The van der Waals surface area contributed by atoms with Crippen LogP contribution in [0.3, 0.4) is 0 Å². The fraction of sp³-hybridized carbons (Fsp3) is 0.200. The van der Waals surface area contributed by atoms with E-state index >= 15 is 0 Å². The molecule has 2 aromatic rings. The molecule has 0 fully saturated rings. The van der Waals surface area contributed by atoms with Gasteiger partial charge in [-0.2, -0.15) is 0 Å². The number of rotatable bonds is 8. The molecule has 0 radical (unpaired) electrons. The number of Topliss-reactive ketones (excluding diaryl/α,β-unsaturated/α-hetero) is 1. The Morgan fingerprint density at radius 1 is 1.08 bits per heavy atom. The summed E-state index contributed by atoms with van der Waals surface area (Å²) in [6.45, 7) is 1.71. The van der Waals surface area contributed by atoms with Crippen molar-refractivity contribution >= 4 is 33.8 Å². The second-order valence-electron chi connectivity index (χ2n) is 5.29. The number of carbonyl (C=O) groups is 2. The minimum Gasteiger partial charge on any atom is -0.496 e. The minimum absolute atomic E-state index is 0.0744. The van der Waals surface area contributed by atoms with E-state index < -0.39 is 5.97 Å². The molecule has 0 bridgehead atoms. The maximum absolute atomic E-state index is 11.8. The van der Waals surface area contributed by atoms with Crippen LogP contribution in [0.15, 0.2) is 53.0 Å². The zero-order chi connectivity index (χ0) is 18.9. The van der Waals surface area contributed by atoms with Gasteiger partial charge >= 0.3 is 5.97 Å². The summed E-state index contributed by atoms with van der Waals surface area (Å²) in [6, 6.07) is 12.4. The highest BCUT2D eigenvalue weighted by Crippen LogP contribution is 2.24. The third-order valence-electron chi connectivity index (χ3n) is 3.44. The number of methoxy groups -OCH3 is 1. The standard InChI is InChI=1S/C20H19BrO5/c1-14(22)17-5-3-4-6-19(17)25-11-12-26-20(23)10-7-15-13-16(21)8-9-18(15)24-2/h3-10,13H,11-12H2,1-2H3/b10-7+. The van der Waals surface area contributed by atoms with Crippen LogP contribution in [-0.4, -0.2) is 32.1 Å². The fourth-order valence-electron chi connectivity index (χ4n) is 2.22. The summed E-state index contributed by atoms with van der Waals surface area (Å²) in [5, 5.41) is 0. The predicted octanol–water partition coefficient (Wildman–Crippen LogP) is 4.30. The molecule has 0 saturated carbocycles. The first-order chi connectivity index (χ1) is 12.5. The third-order valence-corrected chi connectivity index (χ3v) is 3.94. The minimum atomic E-state index is -0.490. The number of ether oxygens (including phenoxy) is 3. The summed E-state index contributed by atoms with van der Waals surface area (Å²) in [5.74, 6) is 0.561. The van der Waals surface area contributed by atoms with Gasteiger partial charge in [-0.1, -0.05) is 28.1 Å². The maximum Gasteiger partial charge on any atom is 0.330 e. The predicted molar refractivity (Wildman–Crippen MR) is 103 cm³/mol. The van der Waals surface area contributed by atoms with Gasteiger partial charge in [0.2, 0.25) is 0 Å². The Labute approximate surface area is 160 Å². The van der Waals surface area contributed by atoms with Crippen molar-refractivity contribution in [3.8, 4) is 11.5 Å². The molecule has 0 amide bonds. The molecule has 0 saturated heterocycles. The van der Waals surface area contributed by atoms with Crippen molar-refractivity contribution in [2.75, 3.05) is 20.3 Å². The quantitative estimate of drug-likeness (QED) is 0.277.